The minimum absolute atomic E-state index is 0.0496. The van der Waals surface area contributed by atoms with Crippen molar-refractivity contribution >= 4 is 52.1 Å². The molecule has 0 spiro atoms. The lowest BCUT2D eigenvalue weighted by Gasteiger charge is -2.11. The molecule has 7 heteroatoms. The molecular weight excluding hydrogens is 349 g/mol. The van der Waals surface area contributed by atoms with Crippen molar-refractivity contribution in [2.24, 2.45) is 0 Å². The van der Waals surface area contributed by atoms with Crippen molar-refractivity contribution in [1.29, 1.82) is 0 Å². The Bertz CT molecular complexity index is 750. The molecule has 2 aromatic carbocycles. The Morgan fingerprint density at radius 2 is 1.71 bits per heavy atom. The number of benzene rings is 2. The summed E-state index contributed by atoms with van der Waals surface area (Å²) >= 11 is 11.9. The zero-order valence-corrected chi connectivity index (χ0v) is 14.5. The highest BCUT2D eigenvalue weighted by molar-refractivity contribution is 6.35. The van der Waals surface area contributed by atoms with Crippen LogP contribution in [-0.2, 0) is 9.59 Å². The van der Waals surface area contributed by atoms with Gasteiger partial charge in [0, 0.05) is 22.8 Å². The summed E-state index contributed by atoms with van der Waals surface area (Å²) in [5.74, 6) is -0.331. The lowest BCUT2D eigenvalue weighted by atomic mass is 10.2. The van der Waals surface area contributed by atoms with Crippen molar-refractivity contribution in [3.05, 3.63) is 52.5 Å². The van der Waals surface area contributed by atoms with Crippen molar-refractivity contribution in [2.75, 3.05) is 22.5 Å². The molecule has 0 atom stereocenters. The van der Waals surface area contributed by atoms with E-state index in [4.69, 9.17) is 23.2 Å². The van der Waals surface area contributed by atoms with Crippen molar-refractivity contribution in [3.63, 3.8) is 0 Å². The Balaban J connectivity index is 1.93. The molecule has 5 nitrogen and oxygen atoms in total. The molecule has 24 heavy (non-hydrogen) atoms. The smallest absolute Gasteiger partial charge is 0.243 e. The van der Waals surface area contributed by atoms with Crippen LogP contribution in [0.4, 0.5) is 17.1 Å². The van der Waals surface area contributed by atoms with Crippen LogP contribution < -0.4 is 16.0 Å². The molecule has 0 saturated heterocycles. The van der Waals surface area contributed by atoms with Gasteiger partial charge in [0.15, 0.2) is 0 Å². The molecule has 2 rings (SSSR count). The van der Waals surface area contributed by atoms with Crippen molar-refractivity contribution in [1.82, 2.24) is 0 Å². The number of anilines is 3. The molecule has 0 aromatic heterocycles. The van der Waals surface area contributed by atoms with Crippen LogP contribution in [0.2, 0.25) is 10.0 Å². The highest BCUT2D eigenvalue weighted by atomic mass is 35.5. The van der Waals surface area contributed by atoms with Gasteiger partial charge >= 0.3 is 0 Å². The molecule has 0 saturated carbocycles. The van der Waals surface area contributed by atoms with Crippen molar-refractivity contribution in [3.8, 4) is 0 Å². The van der Waals surface area contributed by atoms with Crippen molar-refractivity contribution in [2.45, 2.75) is 13.3 Å². The molecule has 0 bridgehead atoms. The van der Waals surface area contributed by atoms with Crippen LogP contribution >= 0.6 is 23.2 Å². The average Bonchev–Trinajstić information content (AvgIpc) is 2.56. The van der Waals surface area contributed by atoms with E-state index in [9.17, 15) is 9.59 Å². The van der Waals surface area contributed by atoms with Crippen LogP contribution in [-0.4, -0.2) is 18.4 Å². The van der Waals surface area contributed by atoms with E-state index in [2.05, 4.69) is 16.0 Å². The Morgan fingerprint density at radius 3 is 2.46 bits per heavy atom. The molecular formula is C17H17Cl2N3O2. The summed E-state index contributed by atoms with van der Waals surface area (Å²) in [5, 5.41) is 9.34. The molecule has 0 aliphatic rings. The quantitative estimate of drug-likeness (QED) is 0.710. The SMILES string of the molecule is CCC(=O)Nc1cccc(NCC(=O)Nc2cc(Cl)ccc2Cl)c1. The van der Waals surface area contributed by atoms with Gasteiger partial charge in [0.2, 0.25) is 11.8 Å². The minimum Gasteiger partial charge on any atom is -0.376 e. The lowest BCUT2D eigenvalue weighted by molar-refractivity contribution is -0.116. The largest absolute Gasteiger partial charge is 0.376 e. The van der Waals surface area contributed by atoms with Crippen LogP contribution in [0.25, 0.3) is 0 Å². The van der Waals surface area contributed by atoms with Gasteiger partial charge in [-0.25, -0.2) is 0 Å². The summed E-state index contributed by atoms with van der Waals surface area (Å²) in [6.07, 6.45) is 0.403. The fraction of sp³-hybridized carbons (Fsp3) is 0.176. The summed E-state index contributed by atoms with van der Waals surface area (Å²) in [4.78, 5) is 23.4. The average molecular weight is 366 g/mol. The molecule has 0 radical (unpaired) electrons. The molecule has 0 heterocycles. The third kappa shape index (κ3) is 5.44. The zero-order chi connectivity index (χ0) is 17.5. The van der Waals surface area contributed by atoms with E-state index in [0.29, 0.717) is 27.8 Å². The van der Waals surface area contributed by atoms with E-state index in [1.54, 1.807) is 49.4 Å². The van der Waals surface area contributed by atoms with Crippen molar-refractivity contribution < 1.29 is 9.59 Å². The molecule has 2 aromatic rings. The first kappa shape index (κ1) is 18.1. The Morgan fingerprint density at radius 1 is 0.958 bits per heavy atom. The standard InChI is InChI=1S/C17H17Cl2N3O2/c1-2-16(23)21-13-5-3-4-12(9-13)20-10-17(24)22-15-8-11(18)6-7-14(15)19/h3-9,20H,2,10H2,1H3,(H,21,23)(H,22,24). The number of carbonyl (C=O) groups is 2. The van der Waals surface area contributed by atoms with Gasteiger partial charge in [-0.2, -0.15) is 0 Å². The van der Waals surface area contributed by atoms with Gasteiger partial charge in [-0.3, -0.25) is 9.59 Å². The Labute approximate surface area is 150 Å². The number of hydrogen-bond acceptors (Lipinski definition) is 3. The fourth-order valence-corrected chi connectivity index (χ4v) is 2.26. The van der Waals surface area contributed by atoms with Gasteiger partial charge in [0.1, 0.15) is 0 Å². The molecule has 0 fully saturated rings. The molecule has 126 valence electrons. The highest BCUT2D eigenvalue weighted by Crippen LogP contribution is 2.25. The number of amides is 2. The van der Waals surface area contributed by atoms with Crippen LogP contribution in [0.3, 0.4) is 0 Å². The van der Waals surface area contributed by atoms with Gasteiger partial charge in [0.25, 0.3) is 0 Å². The first-order valence-corrected chi connectivity index (χ1v) is 8.12. The maximum absolute atomic E-state index is 12.0. The number of halogens is 2. The predicted molar refractivity (Wildman–Crippen MR) is 98.9 cm³/mol. The van der Waals surface area contributed by atoms with E-state index in [1.807, 2.05) is 0 Å². The van der Waals surface area contributed by atoms with Gasteiger partial charge < -0.3 is 16.0 Å². The topological polar surface area (TPSA) is 70.2 Å². The summed E-state index contributed by atoms with van der Waals surface area (Å²) in [7, 11) is 0. The lowest BCUT2D eigenvalue weighted by Crippen LogP contribution is -2.22. The normalized spacial score (nSPS) is 10.1. The molecule has 0 unspecified atom stereocenters. The summed E-state index contributed by atoms with van der Waals surface area (Å²) in [6, 6.07) is 12.0. The van der Waals surface area contributed by atoms with E-state index >= 15 is 0 Å². The monoisotopic (exact) mass is 365 g/mol. The van der Waals surface area contributed by atoms with Gasteiger partial charge in [-0.1, -0.05) is 36.2 Å². The molecule has 0 aliphatic carbocycles. The minimum atomic E-state index is -0.262. The molecule has 3 N–H and O–H groups in total. The first-order chi connectivity index (χ1) is 11.5. The predicted octanol–water partition coefficient (Wildman–Crippen LogP) is 4.39. The molecule has 0 aliphatic heterocycles. The van der Waals surface area contributed by atoms with Crippen LogP contribution in [0.1, 0.15) is 13.3 Å². The van der Waals surface area contributed by atoms with Gasteiger partial charge in [-0.05, 0) is 36.4 Å². The second kappa shape index (κ2) is 8.57. The number of carbonyl (C=O) groups excluding carboxylic acids is 2. The Kier molecular flexibility index (Phi) is 6.46. The van der Waals surface area contributed by atoms with E-state index in [1.165, 1.54) is 0 Å². The summed E-state index contributed by atoms with van der Waals surface area (Å²) < 4.78 is 0. The van der Waals surface area contributed by atoms with Crippen LogP contribution in [0, 0.1) is 0 Å². The third-order valence-corrected chi connectivity index (χ3v) is 3.69. The maximum atomic E-state index is 12.0. The second-order valence-electron chi connectivity index (χ2n) is 5.01. The summed E-state index contributed by atoms with van der Waals surface area (Å²) in [6.45, 7) is 1.83. The first-order valence-electron chi connectivity index (χ1n) is 7.36. The second-order valence-corrected chi connectivity index (χ2v) is 5.85. The number of nitrogens with one attached hydrogen (secondary N) is 3. The zero-order valence-electron chi connectivity index (χ0n) is 13.0. The number of hydrogen-bond donors (Lipinski definition) is 3. The number of rotatable bonds is 6. The van der Waals surface area contributed by atoms with E-state index in [0.717, 1.165) is 5.69 Å². The maximum Gasteiger partial charge on any atom is 0.243 e. The van der Waals surface area contributed by atoms with Gasteiger partial charge in [-0.15, -0.1) is 0 Å². The summed E-state index contributed by atoms with van der Waals surface area (Å²) in [5.41, 5.74) is 1.85. The highest BCUT2D eigenvalue weighted by Gasteiger charge is 2.07. The fourth-order valence-electron chi connectivity index (χ4n) is 1.93. The van der Waals surface area contributed by atoms with Gasteiger partial charge in [0.05, 0.1) is 17.3 Å². The van der Waals surface area contributed by atoms with Crippen LogP contribution in [0.15, 0.2) is 42.5 Å². The third-order valence-electron chi connectivity index (χ3n) is 3.12. The van der Waals surface area contributed by atoms with E-state index in [-0.39, 0.29) is 18.4 Å². The molecule has 2 amide bonds. The Hall–Kier alpha value is -2.24. The van der Waals surface area contributed by atoms with E-state index < -0.39 is 0 Å². The van der Waals surface area contributed by atoms with Crippen LogP contribution in [0.5, 0.6) is 0 Å².